The van der Waals surface area contributed by atoms with Crippen molar-refractivity contribution >= 4 is 11.9 Å². The van der Waals surface area contributed by atoms with Crippen LogP contribution >= 0.6 is 0 Å². The molecular weight excluding hydrogens is 266 g/mol. The highest BCUT2D eigenvalue weighted by molar-refractivity contribution is 5.86. The second kappa shape index (κ2) is 6.04. The van der Waals surface area contributed by atoms with Gasteiger partial charge in [0.05, 0.1) is 11.8 Å². The first-order chi connectivity index (χ1) is 10.2. The van der Waals surface area contributed by atoms with E-state index in [4.69, 9.17) is 0 Å². The van der Waals surface area contributed by atoms with Gasteiger partial charge in [-0.1, -0.05) is 23.8 Å². The van der Waals surface area contributed by atoms with E-state index in [1.165, 1.54) is 18.4 Å². The van der Waals surface area contributed by atoms with Crippen molar-refractivity contribution in [3.63, 3.8) is 0 Å². The van der Waals surface area contributed by atoms with Crippen LogP contribution in [0.1, 0.15) is 38.5 Å². The number of aliphatic carboxylic acids is 1. The minimum atomic E-state index is -0.831. The summed E-state index contributed by atoms with van der Waals surface area (Å²) in [6.07, 6.45) is 12.8. The standard InChI is InChI=1S/C17H23NO3/c19-16(18-9-8-11-4-2-1-3-5-11)14-12-6-7-13(10-12)15(14)17(20)21/h4,6-7,12-15H,1-3,5,8-10H2,(H,18,19)(H,20,21)/t12-,13-,14-,15-/m0/s1. The van der Waals surface area contributed by atoms with Gasteiger partial charge >= 0.3 is 5.97 Å². The summed E-state index contributed by atoms with van der Waals surface area (Å²) in [6, 6.07) is 0. The number of carboxylic acids is 1. The predicted molar refractivity (Wildman–Crippen MR) is 79.5 cm³/mol. The molecule has 0 radical (unpaired) electrons. The van der Waals surface area contributed by atoms with Crippen LogP contribution in [0.25, 0.3) is 0 Å². The quantitative estimate of drug-likeness (QED) is 0.764. The molecule has 0 unspecified atom stereocenters. The maximum absolute atomic E-state index is 12.4. The molecule has 21 heavy (non-hydrogen) atoms. The van der Waals surface area contributed by atoms with E-state index in [1.54, 1.807) is 0 Å². The molecule has 0 spiro atoms. The molecular formula is C17H23NO3. The van der Waals surface area contributed by atoms with Gasteiger partial charge in [-0.15, -0.1) is 0 Å². The molecule has 3 aliphatic carbocycles. The summed E-state index contributed by atoms with van der Waals surface area (Å²) in [4.78, 5) is 23.8. The van der Waals surface area contributed by atoms with Gasteiger partial charge in [-0.05, 0) is 50.4 Å². The van der Waals surface area contributed by atoms with Crippen molar-refractivity contribution in [2.75, 3.05) is 6.54 Å². The van der Waals surface area contributed by atoms with Crippen molar-refractivity contribution in [1.82, 2.24) is 5.32 Å². The molecule has 2 N–H and O–H groups in total. The number of nitrogens with one attached hydrogen (secondary N) is 1. The number of hydrogen-bond acceptors (Lipinski definition) is 2. The minimum Gasteiger partial charge on any atom is -0.481 e. The summed E-state index contributed by atoms with van der Waals surface area (Å²) < 4.78 is 0. The Kier molecular flexibility index (Phi) is 4.13. The highest BCUT2D eigenvalue weighted by Gasteiger charge is 2.51. The third-order valence-electron chi connectivity index (χ3n) is 5.18. The molecule has 1 amide bonds. The summed E-state index contributed by atoms with van der Waals surface area (Å²) in [5, 5.41) is 12.3. The van der Waals surface area contributed by atoms with Gasteiger partial charge in [0.25, 0.3) is 0 Å². The molecule has 2 bridgehead atoms. The van der Waals surface area contributed by atoms with Crippen LogP contribution in [0.5, 0.6) is 0 Å². The monoisotopic (exact) mass is 289 g/mol. The van der Waals surface area contributed by atoms with Crippen molar-refractivity contribution in [3.8, 4) is 0 Å². The highest BCUT2D eigenvalue weighted by Crippen LogP contribution is 2.48. The number of allylic oxidation sites excluding steroid dienone is 3. The summed E-state index contributed by atoms with van der Waals surface area (Å²) in [5.41, 5.74) is 1.43. The minimum absolute atomic E-state index is 0.0457. The summed E-state index contributed by atoms with van der Waals surface area (Å²) >= 11 is 0. The number of amides is 1. The van der Waals surface area contributed by atoms with Gasteiger partial charge in [0.1, 0.15) is 0 Å². The lowest BCUT2D eigenvalue weighted by Crippen LogP contribution is -2.40. The lowest BCUT2D eigenvalue weighted by atomic mass is 9.82. The van der Waals surface area contributed by atoms with E-state index >= 15 is 0 Å². The summed E-state index contributed by atoms with van der Waals surface area (Å²) in [7, 11) is 0. The zero-order chi connectivity index (χ0) is 14.8. The Labute approximate surface area is 125 Å². The number of carboxylic acid groups (broad SMARTS) is 1. The van der Waals surface area contributed by atoms with Crippen LogP contribution < -0.4 is 5.32 Å². The fourth-order valence-corrected chi connectivity index (χ4v) is 4.11. The van der Waals surface area contributed by atoms with E-state index in [2.05, 4.69) is 11.4 Å². The second-order valence-electron chi connectivity index (χ2n) is 6.49. The van der Waals surface area contributed by atoms with E-state index in [1.807, 2.05) is 12.2 Å². The lowest BCUT2D eigenvalue weighted by Gasteiger charge is -2.24. The van der Waals surface area contributed by atoms with Crippen LogP contribution in [0.3, 0.4) is 0 Å². The topological polar surface area (TPSA) is 66.4 Å². The molecule has 1 fully saturated rings. The Morgan fingerprint density at radius 2 is 1.95 bits per heavy atom. The maximum atomic E-state index is 12.4. The Morgan fingerprint density at radius 3 is 2.62 bits per heavy atom. The van der Waals surface area contributed by atoms with Gasteiger partial charge in [-0.25, -0.2) is 0 Å². The highest BCUT2D eigenvalue weighted by atomic mass is 16.4. The fraction of sp³-hybridized carbons (Fsp3) is 0.647. The average Bonchev–Trinajstić information content (AvgIpc) is 3.08. The molecule has 3 aliphatic rings. The van der Waals surface area contributed by atoms with E-state index in [0.717, 1.165) is 25.7 Å². The molecule has 114 valence electrons. The second-order valence-corrected chi connectivity index (χ2v) is 6.49. The zero-order valence-corrected chi connectivity index (χ0v) is 12.3. The van der Waals surface area contributed by atoms with Crippen LogP contribution in [0.4, 0.5) is 0 Å². The van der Waals surface area contributed by atoms with Gasteiger partial charge in [0, 0.05) is 6.54 Å². The third-order valence-corrected chi connectivity index (χ3v) is 5.18. The van der Waals surface area contributed by atoms with Crippen molar-refractivity contribution in [1.29, 1.82) is 0 Å². The van der Waals surface area contributed by atoms with Crippen molar-refractivity contribution in [2.24, 2.45) is 23.7 Å². The maximum Gasteiger partial charge on any atom is 0.307 e. The Balaban J connectivity index is 1.54. The molecule has 0 saturated heterocycles. The molecule has 0 aromatic carbocycles. The average molecular weight is 289 g/mol. The van der Waals surface area contributed by atoms with Gasteiger partial charge in [0.2, 0.25) is 5.91 Å². The van der Waals surface area contributed by atoms with Crippen LogP contribution in [0.2, 0.25) is 0 Å². The normalized spacial score (nSPS) is 33.8. The van der Waals surface area contributed by atoms with Gasteiger partial charge in [-0.3, -0.25) is 9.59 Å². The number of rotatable bonds is 5. The van der Waals surface area contributed by atoms with Crippen molar-refractivity contribution in [3.05, 3.63) is 23.8 Å². The van der Waals surface area contributed by atoms with Crippen LogP contribution in [0.15, 0.2) is 23.8 Å². The largest absolute Gasteiger partial charge is 0.481 e. The Bertz CT molecular complexity index is 494. The molecule has 3 rings (SSSR count). The zero-order valence-electron chi connectivity index (χ0n) is 12.3. The van der Waals surface area contributed by atoms with E-state index in [9.17, 15) is 14.7 Å². The molecule has 4 atom stereocenters. The van der Waals surface area contributed by atoms with Gasteiger partial charge in [0.15, 0.2) is 0 Å². The first-order valence-electron chi connectivity index (χ1n) is 8.03. The number of fused-ring (bicyclic) bond motifs is 2. The third kappa shape index (κ3) is 2.89. The van der Waals surface area contributed by atoms with E-state index in [-0.39, 0.29) is 23.7 Å². The van der Waals surface area contributed by atoms with Crippen molar-refractivity contribution in [2.45, 2.75) is 38.5 Å². The lowest BCUT2D eigenvalue weighted by molar-refractivity contribution is -0.147. The molecule has 4 heteroatoms. The van der Waals surface area contributed by atoms with Gasteiger partial charge < -0.3 is 10.4 Å². The smallest absolute Gasteiger partial charge is 0.307 e. The van der Waals surface area contributed by atoms with Crippen LogP contribution in [-0.2, 0) is 9.59 Å². The number of carbonyl (C=O) groups is 2. The number of carbonyl (C=O) groups excluding carboxylic acids is 1. The molecule has 0 aromatic heterocycles. The molecule has 1 saturated carbocycles. The molecule has 0 aromatic rings. The Hall–Kier alpha value is -1.58. The molecule has 4 nitrogen and oxygen atoms in total. The fourth-order valence-electron chi connectivity index (χ4n) is 4.11. The van der Waals surface area contributed by atoms with Crippen molar-refractivity contribution < 1.29 is 14.7 Å². The summed E-state index contributed by atoms with van der Waals surface area (Å²) in [6.45, 7) is 0.634. The molecule has 0 aliphatic heterocycles. The Morgan fingerprint density at radius 1 is 1.19 bits per heavy atom. The predicted octanol–water partition coefficient (Wildman–Crippen LogP) is 2.52. The molecule has 0 heterocycles. The number of hydrogen-bond donors (Lipinski definition) is 2. The SMILES string of the molecule is O=C(O)[C@@H]1[C@@H](C(=O)NCCC2=CCCCC2)[C@H]2C=C[C@H]1C2. The first-order valence-corrected chi connectivity index (χ1v) is 8.03. The van der Waals surface area contributed by atoms with Gasteiger partial charge in [-0.2, -0.15) is 0 Å². The van der Waals surface area contributed by atoms with Crippen LogP contribution in [0, 0.1) is 23.7 Å². The first kappa shape index (κ1) is 14.4. The van der Waals surface area contributed by atoms with Crippen LogP contribution in [-0.4, -0.2) is 23.5 Å². The van der Waals surface area contributed by atoms with E-state index < -0.39 is 11.9 Å². The van der Waals surface area contributed by atoms with E-state index in [0.29, 0.717) is 6.54 Å². The summed E-state index contributed by atoms with van der Waals surface area (Å²) in [5.74, 6) is -1.65.